The Kier molecular flexibility index (Phi) is 5.64. The summed E-state index contributed by atoms with van der Waals surface area (Å²) in [7, 11) is 0. The van der Waals surface area contributed by atoms with Crippen molar-refractivity contribution in [1.29, 1.82) is 0 Å². The van der Waals surface area contributed by atoms with Crippen LogP contribution >= 0.6 is 11.8 Å². The van der Waals surface area contributed by atoms with Crippen molar-refractivity contribution in [1.82, 2.24) is 19.1 Å². The largest absolute Gasteiger partial charge is 0.326 e. The van der Waals surface area contributed by atoms with E-state index in [1.165, 1.54) is 0 Å². The minimum absolute atomic E-state index is 0.0617. The highest BCUT2D eigenvalue weighted by molar-refractivity contribution is 7.99. The lowest BCUT2D eigenvalue weighted by Gasteiger charge is -2.17. The van der Waals surface area contributed by atoms with Crippen LogP contribution in [0.15, 0.2) is 81.5 Å². The monoisotopic (exact) mass is 456 g/mol. The summed E-state index contributed by atoms with van der Waals surface area (Å²) in [5, 5.41) is 1.28. The van der Waals surface area contributed by atoms with Crippen LogP contribution < -0.4 is 11.2 Å². The van der Waals surface area contributed by atoms with Crippen molar-refractivity contribution in [2.45, 2.75) is 32.0 Å². The van der Waals surface area contributed by atoms with Gasteiger partial charge < -0.3 is 4.98 Å². The number of para-hydroxylation sites is 4. The second-order valence-electron chi connectivity index (χ2n) is 8.09. The zero-order valence-electron chi connectivity index (χ0n) is 18.5. The van der Waals surface area contributed by atoms with Crippen LogP contribution in [0.2, 0.25) is 0 Å². The zero-order valence-corrected chi connectivity index (χ0v) is 19.4. The van der Waals surface area contributed by atoms with Crippen molar-refractivity contribution in [3.8, 4) is 5.69 Å². The highest BCUT2D eigenvalue weighted by atomic mass is 32.2. The average Bonchev–Trinajstić information content (AvgIpc) is 3.13. The second kappa shape index (κ2) is 8.75. The molecule has 0 spiro atoms. The van der Waals surface area contributed by atoms with E-state index in [-0.39, 0.29) is 11.2 Å². The van der Waals surface area contributed by atoms with Crippen LogP contribution in [0.25, 0.3) is 27.6 Å². The molecule has 0 saturated heterocycles. The molecule has 0 aliphatic rings. The van der Waals surface area contributed by atoms with Crippen molar-refractivity contribution in [2.24, 2.45) is 0 Å². The van der Waals surface area contributed by atoms with Gasteiger partial charge in [-0.05, 0) is 55.7 Å². The van der Waals surface area contributed by atoms with E-state index in [1.807, 2.05) is 80.6 Å². The molecule has 0 aliphatic carbocycles. The van der Waals surface area contributed by atoms with Gasteiger partial charge in [0, 0.05) is 12.3 Å². The maximum atomic E-state index is 13.5. The molecule has 0 atom stereocenters. The topological polar surface area (TPSA) is 72.7 Å². The fourth-order valence-electron chi connectivity index (χ4n) is 4.28. The number of nitrogens with one attached hydrogen (secondary N) is 1. The first-order chi connectivity index (χ1) is 16.0. The minimum Gasteiger partial charge on any atom is -0.306 e. The smallest absolute Gasteiger partial charge is 0.306 e. The van der Waals surface area contributed by atoms with Crippen molar-refractivity contribution in [3.05, 3.63) is 98.7 Å². The molecule has 166 valence electrons. The first-order valence-electron chi connectivity index (χ1n) is 10.9. The summed E-state index contributed by atoms with van der Waals surface area (Å²) in [6.45, 7) is 4.63. The van der Waals surface area contributed by atoms with Gasteiger partial charge in [0.25, 0.3) is 5.56 Å². The average molecular weight is 457 g/mol. The molecule has 2 heterocycles. The van der Waals surface area contributed by atoms with Crippen LogP contribution in [0, 0.1) is 13.8 Å². The molecule has 2 aromatic heterocycles. The van der Waals surface area contributed by atoms with Gasteiger partial charge in [-0.1, -0.05) is 54.2 Å². The number of nitrogens with zero attached hydrogens (tertiary/aromatic N) is 3. The fraction of sp³-hybridized carbons (Fsp3) is 0.192. The van der Waals surface area contributed by atoms with Crippen LogP contribution in [0.3, 0.4) is 0 Å². The molecule has 6 nitrogen and oxygen atoms in total. The first-order valence-corrected chi connectivity index (χ1v) is 11.9. The Morgan fingerprint density at radius 1 is 0.909 bits per heavy atom. The van der Waals surface area contributed by atoms with Gasteiger partial charge in [0.2, 0.25) is 0 Å². The Balaban J connectivity index is 1.48. The van der Waals surface area contributed by atoms with Gasteiger partial charge in [-0.2, -0.15) is 0 Å². The van der Waals surface area contributed by atoms with Gasteiger partial charge in [-0.15, -0.1) is 0 Å². The Morgan fingerprint density at radius 2 is 1.64 bits per heavy atom. The molecular weight excluding hydrogens is 432 g/mol. The molecule has 3 aromatic carbocycles. The van der Waals surface area contributed by atoms with E-state index in [2.05, 4.69) is 4.98 Å². The number of hydrogen-bond acceptors (Lipinski definition) is 4. The SMILES string of the molecule is Cc1cccc(C)c1-n1c(SCCCn2c(=O)[nH]c3ccccc32)nc2ccccc2c1=O. The second-order valence-corrected chi connectivity index (χ2v) is 9.16. The molecule has 5 rings (SSSR count). The van der Waals surface area contributed by atoms with Crippen molar-refractivity contribution in [2.75, 3.05) is 5.75 Å². The van der Waals surface area contributed by atoms with E-state index in [0.717, 1.165) is 40.0 Å². The van der Waals surface area contributed by atoms with Crippen LogP contribution in [0.1, 0.15) is 17.5 Å². The highest BCUT2D eigenvalue weighted by Gasteiger charge is 2.16. The lowest BCUT2D eigenvalue weighted by Crippen LogP contribution is -2.23. The number of benzene rings is 3. The highest BCUT2D eigenvalue weighted by Crippen LogP contribution is 2.26. The number of aryl methyl sites for hydroxylation is 3. The maximum absolute atomic E-state index is 13.5. The van der Waals surface area contributed by atoms with Crippen LogP contribution in [0.4, 0.5) is 0 Å². The van der Waals surface area contributed by atoms with Crippen molar-refractivity contribution < 1.29 is 0 Å². The third-order valence-electron chi connectivity index (χ3n) is 5.85. The van der Waals surface area contributed by atoms with Gasteiger partial charge in [-0.25, -0.2) is 9.78 Å². The molecule has 5 aromatic rings. The predicted octanol–water partition coefficient (Wildman–Crippen LogP) is 4.83. The summed E-state index contributed by atoms with van der Waals surface area (Å²) in [5.41, 5.74) is 5.23. The molecule has 0 bridgehead atoms. The number of H-pyrrole nitrogens is 1. The van der Waals surface area contributed by atoms with Crippen LogP contribution in [-0.2, 0) is 6.54 Å². The summed E-state index contributed by atoms with van der Waals surface area (Å²) in [6, 6.07) is 21.2. The number of thioether (sulfide) groups is 1. The molecule has 0 saturated carbocycles. The van der Waals surface area contributed by atoms with E-state index in [0.29, 0.717) is 22.6 Å². The number of rotatable bonds is 6. The Hall–Kier alpha value is -3.58. The molecule has 0 radical (unpaired) electrons. The van der Waals surface area contributed by atoms with Gasteiger partial charge in [0.15, 0.2) is 5.16 Å². The van der Waals surface area contributed by atoms with E-state index in [1.54, 1.807) is 20.9 Å². The van der Waals surface area contributed by atoms with Gasteiger partial charge in [0.1, 0.15) is 0 Å². The molecular formula is C26H24N4O2S. The Labute approximate surface area is 194 Å². The van der Waals surface area contributed by atoms with Gasteiger partial charge >= 0.3 is 5.69 Å². The summed E-state index contributed by atoms with van der Waals surface area (Å²) in [5.74, 6) is 0.724. The van der Waals surface area contributed by atoms with E-state index in [9.17, 15) is 9.59 Å². The number of fused-ring (bicyclic) bond motifs is 2. The quantitative estimate of drug-likeness (QED) is 0.226. The number of aromatic amines is 1. The minimum atomic E-state index is -0.0996. The lowest BCUT2D eigenvalue weighted by atomic mass is 10.1. The van der Waals surface area contributed by atoms with E-state index < -0.39 is 0 Å². The molecule has 33 heavy (non-hydrogen) atoms. The zero-order chi connectivity index (χ0) is 22.9. The molecule has 0 amide bonds. The molecule has 1 N–H and O–H groups in total. The summed E-state index contributed by atoms with van der Waals surface area (Å²) in [4.78, 5) is 33.6. The summed E-state index contributed by atoms with van der Waals surface area (Å²) >= 11 is 1.55. The first kappa shape index (κ1) is 21.3. The van der Waals surface area contributed by atoms with Crippen LogP contribution in [-0.4, -0.2) is 24.9 Å². The maximum Gasteiger partial charge on any atom is 0.326 e. The van der Waals surface area contributed by atoms with Gasteiger partial charge in [-0.3, -0.25) is 13.9 Å². The van der Waals surface area contributed by atoms with Gasteiger partial charge in [0.05, 0.1) is 27.6 Å². The standard InChI is InChI=1S/C26H24N4O2S/c1-17-9-7-10-18(2)23(17)30-24(31)19-11-3-4-12-20(19)28-26(30)33-16-8-15-29-22-14-6-5-13-21(22)27-25(29)32/h3-7,9-14H,8,15-16H2,1-2H3,(H,27,32). The molecule has 0 fully saturated rings. The summed E-state index contributed by atoms with van der Waals surface area (Å²) in [6.07, 6.45) is 0.766. The number of imidazole rings is 1. The predicted molar refractivity (Wildman–Crippen MR) is 135 cm³/mol. The van der Waals surface area contributed by atoms with E-state index in [4.69, 9.17) is 4.98 Å². The van der Waals surface area contributed by atoms with Crippen molar-refractivity contribution in [3.63, 3.8) is 0 Å². The lowest BCUT2D eigenvalue weighted by molar-refractivity contribution is 0.678. The number of hydrogen-bond donors (Lipinski definition) is 1. The molecule has 0 aliphatic heterocycles. The molecule has 7 heteroatoms. The van der Waals surface area contributed by atoms with Crippen molar-refractivity contribution >= 4 is 33.7 Å². The summed E-state index contributed by atoms with van der Waals surface area (Å²) < 4.78 is 3.51. The number of aromatic nitrogens is 4. The fourth-order valence-corrected chi connectivity index (χ4v) is 5.20. The van der Waals surface area contributed by atoms with E-state index >= 15 is 0 Å². The normalized spacial score (nSPS) is 11.5. The Bertz CT molecular complexity index is 1580. The Morgan fingerprint density at radius 3 is 2.45 bits per heavy atom. The third kappa shape index (κ3) is 3.89. The van der Waals surface area contributed by atoms with Crippen LogP contribution in [0.5, 0.6) is 0 Å². The third-order valence-corrected chi connectivity index (χ3v) is 6.87. The molecule has 0 unspecified atom stereocenters.